The minimum atomic E-state index is -0.953. The molecule has 0 aromatic heterocycles. The minimum absolute atomic E-state index is 0.000211. The van der Waals surface area contributed by atoms with Crippen LogP contribution in [0.5, 0.6) is 0 Å². The molecule has 2 aromatic rings. The summed E-state index contributed by atoms with van der Waals surface area (Å²) in [6, 6.07) is 11.4. The first kappa shape index (κ1) is 16.6. The first-order valence-corrected chi connectivity index (χ1v) is 8.69. The highest BCUT2D eigenvalue weighted by atomic mass is 16.5. The molecule has 0 saturated heterocycles. The van der Waals surface area contributed by atoms with Crippen molar-refractivity contribution in [1.29, 1.82) is 0 Å². The Morgan fingerprint density at radius 2 is 2.04 bits per heavy atom. The van der Waals surface area contributed by atoms with E-state index in [1.54, 1.807) is 6.07 Å². The topological polar surface area (TPSA) is 68.1 Å². The standard InChI is InChI=1S/C21H20N2O3/c1-12-7-8-15(20(25)26-3)16(9-12)18-11-22-23-21(18)10-17-13(2)5-4-6-14(17)19(21)24/h4-9,18H,10-11H2,1-3H3/t18-,21-/m0/s1. The maximum absolute atomic E-state index is 13.3. The first-order valence-electron chi connectivity index (χ1n) is 8.69. The summed E-state index contributed by atoms with van der Waals surface area (Å²) in [6.45, 7) is 4.38. The number of nitrogens with zero attached hydrogens (tertiary/aromatic N) is 2. The Hall–Kier alpha value is -2.82. The van der Waals surface area contributed by atoms with Crippen LogP contribution in [0.3, 0.4) is 0 Å². The molecule has 5 nitrogen and oxygen atoms in total. The molecule has 1 heterocycles. The lowest BCUT2D eigenvalue weighted by molar-refractivity contribution is 0.0597. The van der Waals surface area contributed by atoms with E-state index in [1.807, 2.05) is 44.2 Å². The van der Waals surface area contributed by atoms with Gasteiger partial charge in [-0.25, -0.2) is 4.79 Å². The molecule has 0 bridgehead atoms. The van der Waals surface area contributed by atoms with Gasteiger partial charge in [-0.2, -0.15) is 10.2 Å². The van der Waals surface area contributed by atoms with Gasteiger partial charge in [-0.3, -0.25) is 4.79 Å². The summed E-state index contributed by atoms with van der Waals surface area (Å²) in [4.78, 5) is 25.6. The number of aryl methyl sites for hydroxylation is 2. The summed E-state index contributed by atoms with van der Waals surface area (Å²) in [5.74, 6) is -0.670. The zero-order chi connectivity index (χ0) is 18.5. The molecular weight excluding hydrogens is 328 g/mol. The second-order valence-corrected chi connectivity index (χ2v) is 7.09. The van der Waals surface area contributed by atoms with Gasteiger partial charge >= 0.3 is 5.97 Å². The van der Waals surface area contributed by atoms with Crippen molar-refractivity contribution in [3.63, 3.8) is 0 Å². The third kappa shape index (κ3) is 2.23. The Kier molecular flexibility index (Phi) is 3.75. The van der Waals surface area contributed by atoms with Gasteiger partial charge in [-0.1, -0.05) is 35.9 Å². The van der Waals surface area contributed by atoms with Gasteiger partial charge in [0.1, 0.15) is 0 Å². The number of hydrogen-bond acceptors (Lipinski definition) is 5. The monoisotopic (exact) mass is 348 g/mol. The molecule has 0 unspecified atom stereocenters. The summed E-state index contributed by atoms with van der Waals surface area (Å²) < 4.78 is 4.95. The van der Waals surface area contributed by atoms with E-state index in [2.05, 4.69) is 10.2 Å². The largest absolute Gasteiger partial charge is 0.465 e. The van der Waals surface area contributed by atoms with Gasteiger partial charge in [0, 0.05) is 17.9 Å². The van der Waals surface area contributed by atoms with E-state index in [4.69, 9.17) is 4.74 Å². The number of hydrogen-bond donors (Lipinski definition) is 0. The van der Waals surface area contributed by atoms with Crippen LogP contribution in [0.4, 0.5) is 0 Å². The number of carbonyl (C=O) groups excluding carboxylic acids is 2. The third-order valence-corrected chi connectivity index (χ3v) is 5.57. The summed E-state index contributed by atoms with van der Waals surface area (Å²) in [6.07, 6.45) is 0.524. The molecule has 2 aliphatic rings. The lowest BCUT2D eigenvalue weighted by Gasteiger charge is -2.27. The molecule has 2 atom stereocenters. The van der Waals surface area contributed by atoms with Crippen molar-refractivity contribution in [2.45, 2.75) is 31.7 Å². The van der Waals surface area contributed by atoms with Crippen molar-refractivity contribution in [2.24, 2.45) is 10.2 Å². The summed E-state index contributed by atoms with van der Waals surface area (Å²) in [5, 5.41) is 8.69. The Morgan fingerprint density at radius 3 is 2.77 bits per heavy atom. The molecule has 0 amide bonds. The van der Waals surface area contributed by atoms with Crippen molar-refractivity contribution in [3.8, 4) is 0 Å². The first-order chi connectivity index (χ1) is 12.5. The zero-order valence-corrected chi connectivity index (χ0v) is 15.1. The van der Waals surface area contributed by atoms with Gasteiger partial charge in [-0.15, -0.1) is 0 Å². The predicted molar refractivity (Wildman–Crippen MR) is 96.9 cm³/mol. The van der Waals surface area contributed by atoms with Crippen LogP contribution in [-0.2, 0) is 11.2 Å². The number of Topliss-reactive ketones (excluding diaryl/α,β-unsaturated/α-hetero) is 1. The average Bonchev–Trinajstić information content (AvgIpc) is 3.18. The van der Waals surface area contributed by atoms with E-state index in [0.717, 1.165) is 27.8 Å². The third-order valence-electron chi connectivity index (χ3n) is 5.57. The number of ether oxygens (including phenoxy) is 1. The molecule has 1 spiro atoms. The van der Waals surface area contributed by atoms with Crippen molar-refractivity contribution in [3.05, 3.63) is 69.8 Å². The second kappa shape index (κ2) is 5.87. The molecule has 0 N–H and O–H groups in total. The van der Waals surface area contributed by atoms with Gasteiger partial charge in [-0.05, 0) is 36.6 Å². The fourth-order valence-corrected chi connectivity index (χ4v) is 4.19. The smallest absolute Gasteiger partial charge is 0.338 e. The number of carbonyl (C=O) groups is 2. The van der Waals surface area contributed by atoms with Crippen LogP contribution in [0.2, 0.25) is 0 Å². The van der Waals surface area contributed by atoms with Gasteiger partial charge in [0.2, 0.25) is 0 Å². The molecule has 0 saturated carbocycles. The fraction of sp³-hybridized carbons (Fsp3) is 0.333. The Balaban J connectivity index is 1.86. The lowest BCUT2D eigenvalue weighted by atomic mass is 9.76. The van der Waals surface area contributed by atoms with E-state index < -0.39 is 11.5 Å². The van der Waals surface area contributed by atoms with Gasteiger partial charge < -0.3 is 4.74 Å². The predicted octanol–water partition coefficient (Wildman–Crippen LogP) is 3.82. The molecule has 0 radical (unpaired) electrons. The van der Waals surface area contributed by atoms with Gasteiger partial charge in [0.05, 0.1) is 19.2 Å². The Bertz CT molecular complexity index is 964. The van der Waals surface area contributed by atoms with Gasteiger partial charge in [0.15, 0.2) is 11.3 Å². The number of esters is 1. The highest BCUT2D eigenvalue weighted by Crippen LogP contribution is 2.48. The van der Waals surface area contributed by atoms with Crippen LogP contribution >= 0.6 is 0 Å². The fourth-order valence-electron chi connectivity index (χ4n) is 4.19. The number of benzene rings is 2. The van der Waals surface area contributed by atoms with E-state index >= 15 is 0 Å². The van der Waals surface area contributed by atoms with Crippen molar-refractivity contribution in [2.75, 3.05) is 13.7 Å². The molecule has 0 fully saturated rings. The van der Waals surface area contributed by atoms with Crippen molar-refractivity contribution in [1.82, 2.24) is 0 Å². The Morgan fingerprint density at radius 1 is 1.23 bits per heavy atom. The molecule has 1 aliphatic carbocycles. The highest BCUT2D eigenvalue weighted by molar-refractivity contribution is 6.09. The van der Waals surface area contributed by atoms with E-state index in [0.29, 0.717) is 18.5 Å². The minimum Gasteiger partial charge on any atom is -0.465 e. The summed E-state index contributed by atoms with van der Waals surface area (Å²) >= 11 is 0. The van der Waals surface area contributed by atoms with Crippen LogP contribution in [0.15, 0.2) is 46.6 Å². The maximum Gasteiger partial charge on any atom is 0.338 e. The zero-order valence-electron chi connectivity index (χ0n) is 15.1. The van der Waals surface area contributed by atoms with Gasteiger partial charge in [0.25, 0.3) is 0 Å². The molecule has 2 aromatic carbocycles. The van der Waals surface area contributed by atoms with Crippen LogP contribution in [-0.4, -0.2) is 30.9 Å². The normalized spacial score (nSPS) is 23.5. The van der Waals surface area contributed by atoms with Crippen LogP contribution in [0.1, 0.15) is 48.9 Å². The molecule has 132 valence electrons. The molecule has 1 aliphatic heterocycles. The number of fused-ring (bicyclic) bond motifs is 1. The van der Waals surface area contributed by atoms with Crippen LogP contribution in [0.25, 0.3) is 0 Å². The van der Waals surface area contributed by atoms with E-state index in [1.165, 1.54) is 7.11 Å². The van der Waals surface area contributed by atoms with Crippen LogP contribution < -0.4 is 0 Å². The van der Waals surface area contributed by atoms with Crippen LogP contribution in [0, 0.1) is 13.8 Å². The molecule has 4 rings (SSSR count). The number of rotatable bonds is 2. The quantitative estimate of drug-likeness (QED) is 0.775. The number of ketones is 1. The molecule has 26 heavy (non-hydrogen) atoms. The Labute approximate surface area is 152 Å². The summed E-state index contributed by atoms with van der Waals surface area (Å²) in [5.41, 5.74) is 4.19. The van der Waals surface area contributed by atoms with E-state index in [-0.39, 0.29) is 11.7 Å². The van der Waals surface area contributed by atoms with Crippen molar-refractivity contribution < 1.29 is 14.3 Å². The molecular formula is C21H20N2O3. The maximum atomic E-state index is 13.3. The summed E-state index contributed by atoms with van der Waals surface area (Å²) in [7, 11) is 1.37. The lowest BCUT2D eigenvalue weighted by Crippen LogP contribution is -2.39. The number of azo groups is 1. The average molecular weight is 348 g/mol. The molecule has 5 heteroatoms. The highest BCUT2D eigenvalue weighted by Gasteiger charge is 2.55. The number of methoxy groups -OCH3 is 1. The van der Waals surface area contributed by atoms with Crippen molar-refractivity contribution >= 4 is 11.8 Å². The second-order valence-electron chi connectivity index (χ2n) is 7.09. The van der Waals surface area contributed by atoms with E-state index in [9.17, 15) is 9.59 Å². The SMILES string of the molecule is COC(=O)c1ccc(C)cc1[C@@H]1CN=N[C@@]12Cc1c(C)cccc1C2=O.